The average Bonchev–Trinajstić information content (AvgIpc) is 2.69. The standard InChI is InChI=1S/C21H12BrClIN3/c22-16-8-4-13(5-9-16)19-25-20(14-6-10-18(24)11-7-14)27-21(26-19)15-2-1-3-17(23)12-15/h1-12H. The number of hydrogen-bond acceptors (Lipinski definition) is 3. The van der Waals surface area contributed by atoms with Gasteiger partial charge in [0.05, 0.1) is 0 Å². The van der Waals surface area contributed by atoms with Gasteiger partial charge in [-0.2, -0.15) is 0 Å². The Morgan fingerprint density at radius 3 is 1.74 bits per heavy atom. The molecular weight excluding hydrogens is 537 g/mol. The first-order valence-corrected chi connectivity index (χ1v) is 10.4. The number of benzene rings is 3. The van der Waals surface area contributed by atoms with Crippen LogP contribution >= 0.6 is 50.1 Å². The summed E-state index contributed by atoms with van der Waals surface area (Å²) in [4.78, 5) is 14.1. The Bertz CT molecular complexity index is 1040. The van der Waals surface area contributed by atoms with Crippen molar-refractivity contribution in [1.82, 2.24) is 15.0 Å². The maximum atomic E-state index is 6.17. The summed E-state index contributed by atoms with van der Waals surface area (Å²) in [6, 6.07) is 23.6. The van der Waals surface area contributed by atoms with Crippen LogP contribution in [-0.2, 0) is 0 Å². The van der Waals surface area contributed by atoms with Crippen LogP contribution in [0, 0.1) is 3.57 Å². The average molecular weight is 549 g/mol. The first kappa shape index (κ1) is 18.5. The van der Waals surface area contributed by atoms with Crippen LogP contribution in [0.2, 0.25) is 5.02 Å². The van der Waals surface area contributed by atoms with Gasteiger partial charge >= 0.3 is 0 Å². The molecule has 0 aliphatic rings. The highest BCUT2D eigenvalue weighted by Gasteiger charge is 2.12. The lowest BCUT2D eigenvalue weighted by atomic mass is 10.1. The molecule has 1 aromatic heterocycles. The van der Waals surface area contributed by atoms with Crippen molar-refractivity contribution in [2.45, 2.75) is 0 Å². The van der Waals surface area contributed by atoms with Gasteiger partial charge in [0, 0.05) is 29.8 Å². The van der Waals surface area contributed by atoms with E-state index in [2.05, 4.69) is 38.5 Å². The molecule has 0 radical (unpaired) electrons. The molecular formula is C21H12BrClIN3. The van der Waals surface area contributed by atoms with E-state index in [0.29, 0.717) is 22.5 Å². The van der Waals surface area contributed by atoms with Crippen LogP contribution in [0.4, 0.5) is 0 Å². The lowest BCUT2D eigenvalue weighted by Crippen LogP contribution is -2.00. The van der Waals surface area contributed by atoms with Gasteiger partial charge in [-0.3, -0.25) is 0 Å². The molecule has 0 spiro atoms. The molecule has 0 unspecified atom stereocenters. The van der Waals surface area contributed by atoms with E-state index in [1.54, 1.807) is 0 Å². The zero-order valence-corrected chi connectivity index (χ0v) is 18.4. The molecule has 0 saturated carbocycles. The van der Waals surface area contributed by atoms with Crippen LogP contribution < -0.4 is 0 Å². The minimum Gasteiger partial charge on any atom is -0.208 e. The fourth-order valence-corrected chi connectivity index (χ4v) is 3.40. The third-order valence-electron chi connectivity index (χ3n) is 3.92. The van der Waals surface area contributed by atoms with Crippen molar-refractivity contribution in [2.75, 3.05) is 0 Å². The molecule has 3 aromatic carbocycles. The van der Waals surface area contributed by atoms with E-state index in [1.165, 1.54) is 0 Å². The first-order valence-electron chi connectivity index (χ1n) is 8.12. The van der Waals surface area contributed by atoms with Crippen molar-refractivity contribution in [3.8, 4) is 34.2 Å². The molecule has 27 heavy (non-hydrogen) atoms. The lowest BCUT2D eigenvalue weighted by molar-refractivity contribution is 1.07. The van der Waals surface area contributed by atoms with Crippen molar-refractivity contribution in [1.29, 1.82) is 0 Å². The highest BCUT2D eigenvalue weighted by Crippen LogP contribution is 2.27. The minimum absolute atomic E-state index is 0.596. The zero-order valence-electron chi connectivity index (χ0n) is 13.9. The molecule has 0 saturated heterocycles. The van der Waals surface area contributed by atoms with Crippen LogP contribution in [-0.4, -0.2) is 15.0 Å². The van der Waals surface area contributed by atoms with Gasteiger partial charge < -0.3 is 0 Å². The van der Waals surface area contributed by atoms with Crippen LogP contribution in [0.15, 0.2) is 77.3 Å². The van der Waals surface area contributed by atoms with Crippen molar-refractivity contribution < 1.29 is 0 Å². The van der Waals surface area contributed by atoms with E-state index in [9.17, 15) is 0 Å². The highest BCUT2D eigenvalue weighted by atomic mass is 127. The second-order valence-corrected chi connectivity index (χ2v) is 8.43. The molecule has 4 rings (SSSR count). The summed E-state index contributed by atoms with van der Waals surface area (Å²) in [7, 11) is 0. The summed E-state index contributed by atoms with van der Waals surface area (Å²) in [5.74, 6) is 1.86. The molecule has 0 bridgehead atoms. The molecule has 1 heterocycles. The molecule has 0 fully saturated rings. The van der Waals surface area contributed by atoms with E-state index < -0.39 is 0 Å². The number of aromatic nitrogens is 3. The van der Waals surface area contributed by atoms with E-state index >= 15 is 0 Å². The summed E-state index contributed by atoms with van der Waals surface area (Å²) in [5, 5.41) is 0.647. The quantitative estimate of drug-likeness (QED) is 0.262. The smallest absolute Gasteiger partial charge is 0.164 e. The predicted molar refractivity (Wildman–Crippen MR) is 122 cm³/mol. The normalized spacial score (nSPS) is 10.8. The van der Waals surface area contributed by atoms with Crippen LogP contribution in [0.1, 0.15) is 0 Å². The fourth-order valence-electron chi connectivity index (χ4n) is 2.59. The molecule has 0 aliphatic carbocycles. The molecule has 132 valence electrons. The van der Waals surface area contributed by atoms with Gasteiger partial charge in [-0.05, 0) is 59.0 Å². The van der Waals surface area contributed by atoms with Crippen molar-refractivity contribution in [2.24, 2.45) is 0 Å². The minimum atomic E-state index is 0.596. The summed E-state index contributed by atoms with van der Waals surface area (Å²) in [5.41, 5.74) is 2.73. The van der Waals surface area contributed by atoms with Gasteiger partial charge in [0.1, 0.15) is 0 Å². The van der Waals surface area contributed by atoms with Crippen molar-refractivity contribution in [3.63, 3.8) is 0 Å². The van der Waals surface area contributed by atoms with E-state index in [1.807, 2.05) is 72.8 Å². The maximum Gasteiger partial charge on any atom is 0.164 e. The van der Waals surface area contributed by atoms with Crippen molar-refractivity contribution in [3.05, 3.63) is 85.9 Å². The van der Waals surface area contributed by atoms with E-state index in [4.69, 9.17) is 26.6 Å². The summed E-state index contributed by atoms with van der Waals surface area (Å²) in [6.07, 6.45) is 0. The topological polar surface area (TPSA) is 38.7 Å². The fraction of sp³-hybridized carbons (Fsp3) is 0. The van der Waals surface area contributed by atoms with E-state index in [-0.39, 0.29) is 0 Å². The highest BCUT2D eigenvalue weighted by molar-refractivity contribution is 14.1. The Balaban J connectivity index is 1.90. The third kappa shape index (κ3) is 4.36. The first-order chi connectivity index (χ1) is 13.1. The largest absolute Gasteiger partial charge is 0.208 e. The Morgan fingerprint density at radius 1 is 0.667 bits per heavy atom. The van der Waals surface area contributed by atoms with Gasteiger partial charge in [-0.15, -0.1) is 0 Å². The number of rotatable bonds is 3. The SMILES string of the molecule is Clc1cccc(-c2nc(-c3ccc(Br)cc3)nc(-c3ccc(I)cc3)n2)c1. The van der Waals surface area contributed by atoms with Gasteiger partial charge in [0.25, 0.3) is 0 Å². The number of hydrogen-bond donors (Lipinski definition) is 0. The van der Waals surface area contributed by atoms with Gasteiger partial charge in [0.2, 0.25) is 0 Å². The Hall–Kier alpha value is -1.83. The van der Waals surface area contributed by atoms with Crippen molar-refractivity contribution >= 4 is 50.1 Å². The molecule has 4 aromatic rings. The summed E-state index contributed by atoms with van der Waals surface area (Å²) >= 11 is 11.9. The van der Waals surface area contributed by atoms with Crippen LogP contribution in [0.5, 0.6) is 0 Å². The monoisotopic (exact) mass is 547 g/mol. The molecule has 0 aliphatic heterocycles. The predicted octanol–water partition coefficient (Wildman–Crippen LogP) is 6.89. The zero-order chi connectivity index (χ0) is 18.8. The number of halogens is 3. The molecule has 0 amide bonds. The number of nitrogens with zero attached hydrogens (tertiary/aromatic N) is 3. The third-order valence-corrected chi connectivity index (χ3v) is 5.41. The van der Waals surface area contributed by atoms with Crippen LogP contribution in [0.3, 0.4) is 0 Å². The molecule has 0 atom stereocenters. The summed E-state index contributed by atoms with van der Waals surface area (Å²) < 4.78 is 2.17. The summed E-state index contributed by atoms with van der Waals surface area (Å²) in [6.45, 7) is 0. The molecule has 6 heteroatoms. The lowest BCUT2D eigenvalue weighted by Gasteiger charge is -2.08. The second kappa shape index (κ2) is 8.04. The molecule has 3 nitrogen and oxygen atoms in total. The Morgan fingerprint density at radius 2 is 1.19 bits per heavy atom. The Kier molecular flexibility index (Phi) is 5.52. The second-order valence-electron chi connectivity index (χ2n) is 5.83. The van der Waals surface area contributed by atoms with E-state index in [0.717, 1.165) is 24.7 Å². The van der Waals surface area contributed by atoms with Gasteiger partial charge in [-0.25, -0.2) is 15.0 Å². The maximum absolute atomic E-state index is 6.17. The van der Waals surface area contributed by atoms with Gasteiger partial charge in [0.15, 0.2) is 17.5 Å². The van der Waals surface area contributed by atoms with Crippen LogP contribution in [0.25, 0.3) is 34.2 Å². The molecule has 0 N–H and O–H groups in total. The Labute approximate surface area is 184 Å². The van der Waals surface area contributed by atoms with Gasteiger partial charge in [-0.1, -0.05) is 63.9 Å².